The Labute approximate surface area is 152 Å². The van der Waals surface area contributed by atoms with E-state index in [2.05, 4.69) is 10.6 Å². The molecule has 0 aromatic carbocycles. The Morgan fingerprint density at radius 1 is 0.960 bits per heavy atom. The number of esters is 1. The van der Waals surface area contributed by atoms with E-state index < -0.39 is 29.4 Å². The molecule has 0 saturated carbocycles. The summed E-state index contributed by atoms with van der Waals surface area (Å²) in [5, 5.41) is 5.31. The van der Waals surface area contributed by atoms with Crippen LogP contribution in [0.1, 0.15) is 61.8 Å². The van der Waals surface area contributed by atoms with Crippen LogP contribution >= 0.6 is 0 Å². The van der Waals surface area contributed by atoms with Gasteiger partial charge in [0.25, 0.3) is 0 Å². The first kappa shape index (κ1) is 23.4. The van der Waals surface area contributed by atoms with Crippen LogP contribution in [0.2, 0.25) is 0 Å². The Balaban J connectivity index is 5.47. The predicted molar refractivity (Wildman–Crippen MR) is 98.8 cm³/mol. The number of likely N-dealkylation sites (N-methyl/N-ethyl adjacent to an activating group) is 1. The van der Waals surface area contributed by atoms with Crippen LogP contribution < -0.4 is 10.6 Å². The largest absolute Gasteiger partial charge is 0.460 e. The smallest absolute Gasteiger partial charge is 0.312 e. The summed E-state index contributed by atoms with van der Waals surface area (Å²) in [4.78, 5) is 37.5. The molecule has 0 aliphatic carbocycles. The molecular formula is C19H36N2O4. The van der Waals surface area contributed by atoms with Crippen molar-refractivity contribution in [3.63, 3.8) is 0 Å². The van der Waals surface area contributed by atoms with Gasteiger partial charge in [-0.3, -0.25) is 14.4 Å². The molecule has 0 bridgehead atoms. The van der Waals surface area contributed by atoms with E-state index in [1.54, 1.807) is 20.8 Å². The molecule has 2 amide bonds. The Bertz CT molecular complexity index is 467. The van der Waals surface area contributed by atoms with Crippen molar-refractivity contribution in [2.24, 2.45) is 23.7 Å². The Morgan fingerprint density at radius 3 is 1.84 bits per heavy atom. The predicted octanol–water partition coefficient (Wildman–Crippen LogP) is 2.51. The van der Waals surface area contributed by atoms with E-state index in [4.69, 9.17) is 4.74 Å². The van der Waals surface area contributed by atoms with Gasteiger partial charge in [-0.2, -0.15) is 0 Å². The van der Waals surface area contributed by atoms with E-state index in [1.807, 2.05) is 34.6 Å². The van der Waals surface area contributed by atoms with Crippen molar-refractivity contribution in [1.29, 1.82) is 0 Å². The minimum absolute atomic E-state index is 0.169. The lowest BCUT2D eigenvalue weighted by atomic mass is 9.86. The maximum atomic E-state index is 12.6. The van der Waals surface area contributed by atoms with Crippen molar-refractivity contribution in [2.75, 3.05) is 7.05 Å². The molecule has 0 aromatic rings. The lowest BCUT2D eigenvalue weighted by Crippen LogP contribution is -2.55. The zero-order valence-corrected chi connectivity index (χ0v) is 17.2. The number of amides is 2. The summed E-state index contributed by atoms with van der Waals surface area (Å²) in [5.41, 5.74) is -0.660. The standard InChI is InChI=1S/C19H36N2O4/c1-11(2)10-13(5)16(22)21-15(17(23)20-9)14(12(3)4)18(24)25-19(6,7)8/h11-15H,10H2,1-9H3,(H,20,23)(H,21,22)/t13?,14?,15-/m1/s1. The molecule has 0 radical (unpaired) electrons. The highest BCUT2D eigenvalue weighted by Crippen LogP contribution is 2.22. The van der Waals surface area contributed by atoms with Crippen molar-refractivity contribution in [3.05, 3.63) is 0 Å². The van der Waals surface area contributed by atoms with Crippen LogP contribution in [-0.4, -0.2) is 36.5 Å². The van der Waals surface area contributed by atoms with Crippen LogP contribution in [0.4, 0.5) is 0 Å². The van der Waals surface area contributed by atoms with Gasteiger partial charge in [-0.05, 0) is 39.0 Å². The lowest BCUT2D eigenvalue weighted by molar-refractivity contribution is -0.164. The highest BCUT2D eigenvalue weighted by molar-refractivity contribution is 5.92. The minimum atomic E-state index is -0.957. The summed E-state index contributed by atoms with van der Waals surface area (Å²) in [6.07, 6.45) is 0.713. The molecule has 2 unspecified atom stereocenters. The first-order chi connectivity index (χ1) is 11.3. The Morgan fingerprint density at radius 2 is 1.48 bits per heavy atom. The second kappa shape index (κ2) is 9.78. The maximum absolute atomic E-state index is 12.6. The molecule has 2 N–H and O–H groups in total. The van der Waals surface area contributed by atoms with Crippen molar-refractivity contribution >= 4 is 17.8 Å². The van der Waals surface area contributed by atoms with E-state index in [0.717, 1.165) is 0 Å². The van der Waals surface area contributed by atoms with Gasteiger partial charge < -0.3 is 15.4 Å². The highest BCUT2D eigenvalue weighted by Gasteiger charge is 2.39. The van der Waals surface area contributed by atoms with Gasteiger partial charge in [0.1, 0.15) is 11.6 Å². The molecule has 0 aliphatic heterocycles. The summed E-state index contributed by atoms with van der Waals surface area (Å²) in [5.74, 6) is -1.89. The third-order valence-electron chi connectivity index (χ3n) is 3.86. The summed E-state index contributed by atoms with van der Waals surface area (Å²) < 4.78 is 5.47. The van der Waals surface area contributed by atoms with Crippen molar-refractivity contribution in [2.45, 2.75) is 73.5 Å². The third kappa shape index (κ3) is 8.36. The highest BCUT2D eigenvalue weighted by atomic mass is 16.6. The van der Waals surface area contributed by atoms with E-state index in [0.29, 0.717) is 12.3 Å². The number of rotatable bonds is 8. The van der Waals surface area contributed by atoms with Gasteiger partial charge in [0.05, 0.1) is 5.92 Å². The summed E-state index contributed by atoms with van der Waals surface area (Å²) in [6, 6.07) is -0.957. The molecule has 25 heavy (non-hydrogen) atoms. The molecular weight excluding hydrogens is 320 g/mol. The molecule has 6 nitrogen and oxygen atoms in total. The molecule has 6 heteroatoms. The lowest BCUT2D eigenvalue weighted by Gasteiger charge is -2.31. The van der Waals surface area contributed by atoms with Crippen LogP contribution in [-0.2, 0) is 19.1 Å². The average Bonchev–Trinajstić information content (AvgIpc) is 2.42. The summed E-state index contributed by atoms with van der Waals surface area (Å²) in [6.45, 7) is 14.9. The average molecular weight is 357 g/mol. The van der Waals surface area contributed by atoms with Gasteiger partial charge in [-0.25, -0.2) is 0 Å². The van der Waals surface area contributed by atoms with Gasteiger partial charge in [-0.15, -0.1) is 0 Å². The number of carbonyl (C=O) groups is 3. The number of nitrogens with one attached hydrogen (secondary N) is 2. The van der Waals surface area contributed by atoms with Crippen molar-refractivity contribution in [3.8, 4) is 0 Å². The number of hydrogen-bond acceptors (Lipinski definition) is 4. The Hall–Kier alpha value is -1.59. The second-order valence-corrected chi connectivity index (χ2v) is 8.43. The van der Waals surface area contributed by atoms with Crippen LogP contribution in [0.3, 0.4) is 0 Å². The fourth-order valence-corrected chi connectivity index (χ4v) is 2.75. The van der Waals surface area contributed by atoms with Crippen LogP contribution in [0.5, 0.6) is 0 Å². The monoisotopic (exact) mass is 356 g/mol. The minimum Gasteiger partial charge on any atom is -0.460 e. The first-order valence-corrected chi connectivity index (χ1v) is 9.05. The fraction of sp³-hybridized carbons (Fsp3) is 0.842. The van der Waals surface area contributed by atoms with Gasteiger partial charge in [0, 0.05) is 13.0 Å². The van der Waals surface area contributed by atoms with Gasteiger partial charge in [0.15, 0.2) is 0 Å². The number of hydrogen-bond donors (Lipinski definition) is 2. The van der Waals surface area contributed by atoms with Gasteiger partial charge >= 0.3 is 5.97 Å². The second-order valence-electron chi connectivity index (χ2n) is 8.43. The molecule has 0 saturated heterocycles. The first-order valence-electron chi connectivity index (χ1n) is 9.05. The molecule has 0 fully saturated rings. The molecule has 146 valence electrons. The fourth-order valence-electron chi connectivity index (χ4n) is 2.75. The summed E-state index contributed by atoms with van der Waals surface area (Å²) in [7, 11) is 1.49. The molecule has 0 aliphatic rings. The van der Waals surface area contributed by atoms with Crippen molar-refractivity contribution in [1.82, 2.24) is 10.6 Å². The van der Waals surface area contributed by atoms with E-state index in [-0.39, 0.29) is 17.7 Å². The zero-order chi connectivity index (χ0) is 19.9. The zero-order valence-electron chi connectivity index (χ0n) is 17.2. The van der Waals surface area contributed by atoms with Gasteiger partial charge in [-0.1, -0.05) is 34.6 Å². The van der Waals surface area contributed by atoms with E-state index in [9.17, 15) is 14.4 Å². The Kier molecular flexibility index (Phi) is 9.16. The topological polar surface area (TPSA) is 84.5 Å². The van der Waals surface area contributed by atoms with Crippen molar-refractivity contribution < 1.29 is 19.1 Å². The molecule has 0 aromatic heterocycles. The van der Waals surface area contributed by atoms with Crippen LogP contribution in [0.15, 0.2) is 0 Å². The third-order valence-corrected chi connectivity index (χ3v) is 3.86. The number of ether oxygens (including phenoxy) is 1. The van der Waals surface area contributed by atoms with E-state index in [1.165, 1.54) is 7.05 Å². The van der Waals surface area contributed by atoms with Crippen LogP contribution in [0.25, 0.3) is 0 Å². The maximum Gasteiger partial charge on any atom is 0.312 e. The van der Waals surface area contributed by atoms with E-state index >= 15 is 0 Å². The molecule has 0 heterocycles. The normalized spacial score (nSPS) is 15.5. The molecule has 0 rings (SSSR count). The molecule has 3 atom stereocenters. The SMILES string of the molecule is CNC(=O)[C@H](NC(=O)C(C)CC(C)C)C(C(=O)OC(C)(C)C)C(C)C. The van der Waals surface area contributed by atoms with Gasteiger partial charge in [0.2, 0.25) is 11.8 Å². The summed E-state index contributed by atoms with van der Waals surface area (Å²) >= 11 is 0. The van der Waals surface area contributed by atoms with Crippen LogP contribution in [0, 0.1) is 23.7 Å². The number of carbonyl (C=O) groups excluding carboxylic acids is 3. The molecule has 0 spiro atoms. The quantitative estimate of drug-likeness (QED) is 0.655.